The molecule has 6 heteroatoms. The topological polar surface area (TPSA) is 49.3 Å². The van der Waals surface area contributed by atoms with Crippen molar-refractivity contribution in [2.24, 2.45) is 4.99 Å². The van der Waals surface area contributed by atoms with Gasteiger partial charge in [0.2, 0.25) is 0 Å². The molecule has 0 amide bonds. The molecule has 0 aromatic carbocycles. The quantitative estimate of drug-likeness (QED) is 0.499. The summed E-state index contributed by atoms with van der Waals surface area (Å²) < 4.78 is 0. The van der Waals surface area contributed by atoms with Gasteiger partial charge in [-0.05, 0) is 23.1 Å². The number of rotatable bonds is 5. The van der Waals surface area contributed by atoms with E-state index in [1.165, 1.54) is 4.88 Å². The summed E-state index contributed by atoms with van der Waals surface area (Å²) in [6.07, 6.45) is 1.76. The predicted octanol–water partition coefficient (Wildman–Crippen LogP) is 3.44. The average molecular weight is 337 g/mol. The van der Waals surface area contributed by atoms with Gasteiger partial charge in [-0.2, -0.15) is 0 Å². The molecule has 0 unspecified atom stereocenters. The summed E-state index contributed by atoms with van der Waals surface area (Å²) >= 11 is 7.56. The van der Waals surface area contributed by atoms with Crippen LogP contribution >= 0.6 is 22.9 Å². The Morgan fingerprint density at radius 2 is 2.14 bits per heavy atom. The lowest BCUT2D eigenvalue weighted by atomic mass is 9.91. The summed E-state index contributed by atoms with van der Waals surface area (Å²) in [5, 5.41) is 9.27. The molecule has 0 bridgehead atoms. The number of nitrogens with zero attached hydrogens (tertiary/aromatic N) is 2. The van der Waals surface area contributed by atoms with Crippen LogP contribution in [0.2, 0.25) is 5.15 Å². The minimum absolute atomic E-state index is 0.0631. The van der Waals surface area contributed by atoms with Gasteiger partial charge in [0.15, 0.2) is 5.96 Å². The molecule has 0 saturated heterocycles. The molecule has 0 aliphatic carbocycles. The third kappa shape index (κ3) is 4.71. The van der Waals surface area contributed by atoms with Crippen LogP contribution in [0.25, 0.3) is 0 Å². The maximum absolute atomic E-state index is 5.78. The Balaban J connectivity index is 1.86. The summed E-state index contributed by atoms with van der Waals surface area (Å²) in [5.74, 6) is 0.777. The van der Waals surface area contributed by atoms with Crippen LogP contribution in [0.4, 0.5) is 0 Å². The van der Waals surface area contributed by atoms with E-state index < -0.39 is 0 Å². The largest absolute Gasteiger partial charge is 0.356 e. The lowest BCUT2D eigenvalue weighted by molar-refractivity contribution is 0.518. The van der Waals surface area contributed by atoms with E-state index in [-0.39, 0.29) is 5.41 Å². The summed E-state index contributed by atoms with van der Waals surface area (Å²) in [7, 11) is 1.77. The second-order valence-electron chi connectivity index (χ2n) is 5.63. The van der Waals surface area contributed by atoms with Gasteiger partial charge >= 0.3 is 0 Å². The Morgan fingerprint density at radius 3 is 2.73 bits per heavy atom. The number of aliphatic imine (C=N–C) groups is 1. The zero-order chi connectivity index (χ0) is 16.0. The van der Waals surface area contributed by atoms with Crippen molar-refractivity contribution in [3.05, 3.63) is 51.4 Å². The number of hydrogen-bond acceptors (Lipinski definition) is 3. The van der Waals surface area contributed by atoms with Gasteiger partial charge in [-0.15, -0.1) is 11.3 Å². The van der Waals surface area contributed by atoms with Crippen LogP contribution in [0.3, 0.4) is 0 Å². The van der Waals surface area contributed by atoms with E-state index in [1.54, 1.807) is 30.6 Å². The van der Waals surface area contributed by atoms with Crippen molar-refractivity contribution < 1.29 is 0 Å². The van der Waals surface area contributed by atoms with Gasteiger partial charge in [0, 0.05) is 36.6 Å². The van der Waals surface area contributed by atoms with E-state index in [9.17, 15) is 0 Å². The molecule has 0 saturated carbocycles. The van der Waals surface area contributed by atoms with E-state index >= 15 is 0 Å². The molecule has 0 atom stereocenters. The number of guanidine groups is 1. The number of nitrogens with one attached hydrogen (secondary N) is 2. The van der Waals surface area contributed by atoms with Gasteiger partial charge in [0.1, 0.15) is 5.15 Å². The van der Waals surface area contributed by atoms with Crippen molar-refractivity contribution in [2.75, 3.05) is 13.6 Å². The van der Waals surface area contributed by atoms with Gasteiger partial charge in [0.25, 0.3) is 0 Å². The highest BCUT2D eigenvalue weighted by atomic mass is 35.5. The lowest BCUT2D eigenvalue weighted by Crippen LogP contribution is -2.42. The molecule has 22 heavy (non-hydrogen) atoms. The highest BCUT2D eigenvalue weighted by Gasteiger charge is 2.21. The molecule has 2 aromatic rings. The fourth-order valence-corrected chi connectivity index (χ4v) is 2.94. The molecule has 2 rings (SSSR count). The van der Waals surface area contributed by atoms with Crippen LogP contribution in [0.1, 0.15) is 24.3 Å². The maximum Gasteiger partial charge on any atom is 0.191 e. The number of hydrogen-bond donors (Lipinski definition) is 2. The molecule has 118 valence electrons. The van der Waals surface area contributed by atoms with E-state index in [1.807, 2.05) is 6.07 Å². The summed E-state index contributed by atoms with van der Waals surface area (Å²) in [6.45, 7) is 5.92. The van der Waals surface area contributed by atoms with Gasteiger partial charge in [-0.3, -0.25) is 4.99 Å². The summed E-state index contributed by atoms with van der Waals surface area (Å²) in [6, 6.07) is 7.99. The van der Waals surface area contributed by atoms with Crippen LogP contribution in [0.5, 0.6) is 0 Å². The molecular weight excluding hydrogens is 316 g/mol. The molecule has 2 heterocycles. The van der Waals surface area contributed by atoms with E-state index in [4.69, 9.17) is 11.6 Å². The average Bonchev–Trinajstić information content (AvgIpc) is 3.04. The van der Waals surface area contributed by atoms with Crippen molar-refractivity contribution in [3.8, 4) is 0 Å². The van der Waals surface area contributed by atoms with Crippen molar-refractivity contribution in [1.29, 1.82) is 0 Å². The highest BCUT2D eigenvalue weighted by molar-refractivity contribution is 7.10. The van der Waals surface area contributed by atoms with Crippen LogP contribution in [-0.4, -0.2) is 24.5 Å². The zero-order valence-electron chi connectivity index (χ0n) is 13.1. The van der Waals surface area contributed by atoms with E-state index in [2.05, 4.69) is 52.0 Å². The zero-order valence-corrected chi connectivity index (χ0v) is 14.6. The van der Waals surface area contributed by atoms with Crippen LogP contribution < -0.4 is 10.6 Å². The maximum atomic E-state index is 5.78. The molecule has 0 fully saturated rings. The van der Waals surface area contributed by atoms with Crippen LogP contribution in [0, 0.1) is 0 Å². The van der Waals surface area contributed by atoms with Crippen molar-refractivity contribution in [1.82, 2.24) is 15.6 Å². The summed E-state index contributed by atoms with van der Waals surface area (Å²) in [5.41, 5.74) is 1.12. The number of aromatic nitrogens is 1. The number of halogens is 1. The smallest absolute Gasteiger partial charge is 0.191 e. The first-order valence-corrected chi connectivity index (χ1v) is 8.36. The molecule has 0 aliphatic heterocycles. The molecule has 2 aromatic heterocycles. The van der Waals surface area contributed by atoms with Gasteiger partial charge < -0.3 is 10.6 Å². The predicted molar refractivity (Wildman–Crippen MR) is 94.8 cm³/mol. The van der Waals surface area contributed by atoms with Gasteiger partial charge in [0.05, 0.1) is 0 Å². The molecule has 2 N–H and O–H groups in total. The van der Waals surface area contributed by atoms with Crippen molar-refractivity contribution in [3.63, 3.8) is 0 Å². The van der Waals surface area contributed by atoms with E-state index in [0.29, 0.717) is 11.7 Å². The molecule has 0 aliphatic rings. The number of pyridine rings is 1. The Morgan fingerprint density at radius 1 is 1.32 bits per heavy atom. The van der Waals surface area contributed by atoms with Gasteiger partial charge in [-0.1, -0.05) is 37.6 Å². The third-order valence-electron chi connectivity index (χ3n) is 3.36. The Kier molecular flexibility index (Phi) is 5.80. The SMILES string of the molecule is CN=C(NCc1ccc(Cl)nc1)NCC(C)(C)c1cccs1. The molecule has 4 nitrogen and oxygen atoms in total. The van der Waals surface area contributed by atoms with E-state index in [0.717, 1.165) is 18.1 Å². The second-order valence-corrected chi connectivity index (χ2v) is 6.96. The fraction of sp³-hybridized carbons (Fsp3) is 0.375. The summed E-state index contributed by atoms with van der Waals surface area (Å²) in [4.78, 5) is 9.68. The van der Waals surface area contributed by atoms with Crippen molar-refractivity contribution in [2.45, 2.75) is 25.8 Å². The fourth-order valence-electron chi connectivity index (χ4n) is 1.97. The molecular formula is C16H21ClN4S. The standard InChI is InChI=1S/C16H21ClN4S/c1-16(2,13-5-4-8-22-13)11-21-15(18-3)20-10-12-6-7-14(17)19-9-12/h4-9H,10-11H2,1-3H3,(H2,18,20,21). The molecule has 0 spiro atoms. The van der Waals surface area contributed by atoms with Crippen LogP contribution in [0.15, 0.2) is 40.8 Å². The van der Waals surface area contributed by atoms with Crippen LogP contribution in [-0.2, 0) is 12.0 Å². The minimum Gasteiger partial charge on any atom is -0.356 e. The molecule has 0 radical (unpaired) electrons. The first-order chi connectivity index (χ1) is 10.5. The minimum atomic E-state index is 0.0631. The first-order valence-electron chi connectivity index (χ1n) is 7.10. The second kappa shape index (κ2) is 7.61. The van der Waals surface area contributed by atoms with Gasteiger partial charge in [-0.25, -0.2) is 4.98 Å². The lowest BCUT2D eigenvalue weighted by Gasteiger charge is -2.25. The number of thiophene rings is 1. The highest BCUT2D eigenvalue weighted by Crippen LogP contribution is 2.26. The normalized spacial score (nSPS) is 12.3. The Hall–Kier alpha value is -1.59. The Bertz CT molecular complexity index is 606. The monoisotopic (exact) mass is 336 g/mol. The Labute approximate surface area is 140 Å². The third-order valence-corrected chi connectivity index (χ3v) is 4.82. The first kappa shape index (κ1) is 16.8. The van der Waals surface area contributed by atoms with Crippen molar-refractivity contribution >= 4 is 28.9 Å².